The molecule has 1 N–H and O–H groups in total. The zero-order chi connectivity index (χ0) is 23.5. The molecule has 0 bridgehead atoms. The number of amides is 1. The molecule has 0 aliphatic carbocycles. The Hall–Kier alpha value is -3.13. The molecule has 1 atom stereocenters. The van der Waals surface area contributed by atoms with Gasteiger partial charge in [0.2, 0.25) is 0 Å². The van der Waals surface area contributed by atoms with Crippen molar-refractivity contribution >= 4 is 5.91 Å². The van der Waals surface area contributed by atoms with Crippen LogP contribution in [0.3, 0.4) is 0 Å². The van der Waals surface area contributed by atoms with Gasteiger partial charge in [0, 0.05) is 32.6 Å². The normalized spacial score (nSPS) is 15.2. The number of benzene rings is 2. The third kappa shape index (κ3) is 5.27. The van der Waals surface area contributed by atoms with Gasteiger partial charge in [0.25, 0.3) is 5.91 Å². The molecule has 1 aliphatic heterocycles. The standard InChI is InChI=1S/C25H29F2N5O/c1-16(2)19-6-4-18(5-7-19)15-31-11-10-23-29-30-24(32(23)13-12-31)17(3)28-25(33)21-14-20(26)8-9-22(21)27/h4-9,14,16-17H,10-13,15H2,1-3H3,(H,28,33). The second-order valence-electron chi connectivity index (χ2n) is 8.87. The highest BCUT2D eigenvalue weighted by Crippen LogP contribution is 2.19. The minimum absolute atomic E-state index is 0.327. The van der Waals surface area contributed by atoms with Gasteiger partial charge in [0.15, 0.2) is 5.82 Å². The second kappa shape index (κ2) is 9.79. The number of carbonyl (C=O) groups excluding carboxylic acids is 1. The first-order valence-corrected chi connectivity index (χ1v) is 11.3. The van der Waals surface area contributed by atoms with E-state index in [4.69, 9.17) is 0 Å². The lowest BCUT2D eigenvalue weighted by Crippen LogP contribution is -2.30. The largest absolute Gasteiger partial charge is 0.342 e. The first-order valence-electron chi connectivity index (χ1n) is 11.3. The van der Waals surface area contributed by atoms with Crippen LogP contribution in [0, 0.1) is 11.6 Å². The summed E-state index contributed by atoms with van der Waals surface area (Å²) in [7, 11) is 0. The average Bonchev–Trinajstić information content (AvgIpc) is 3.10. The molecule has 1 aliphatic rings. The Morgan fingerprint density at radius 1 is 1.03 bits per heavy atom. The number of hydrogen-bond donors (Lipinski definition) is 1. The Morgan fingerprint density at radius 2 is 1.79 bits per heavy atom. The summed E-state index contributed by atoms with van der Waals surface area (Å²) in [5, 5.41) is 11.3. The number of nitrogens with zero attached hydrogens (tertiary/aromatic N) is 4. The number of fused-ring (bicyclic) bond motifs is 1. The topological polar surface area (TPSA) is 63.1 Å². The Bertz CT molecular complexity index is 1130. The van der Waals surface area contributed by atoms with Crippen LogP contribution in [0.4, 0.5) is 8.78 Å². The van der Waals surface area contributed by atoms with Crippen molar-refractivity contribution in [2.24, 2.45) is 0 Å². The van der Waals surface area contributed by atoms with Crippen molar-refractivity contribution in [2.75, 3.05) is 13.1 Å². The van der Waals surface area contributed by atoms with Gasteiger partial charge in [-0.05, 0) is 42.2 Å². The van der Waals surface area contributed by atoms with E-state index in [1.165, 1.54) is 11.1 Å². The van der Waals surface area contributed by atoms with Crippen LogP contribution in [0.2, 0.25) is 0 Å². The Labute approximate surface area is 192 Å². The van der Waals surface area contributed by atoms with Gasteiger partial charge < -0.3 is 9.88 Å². The molecule has 0 spiro atoms. The number of halogens is 2. The van der Waals surface area contributed by atoms with Gasteiger partial charge in [-0.15, -0.1) is 10.2 Å². The SMILES string of the molecule is CC(C)c1ccc(CN2CCc3nnc(C(C)NC(=O)c4cc(F)ccc4F)n3CC2)cc1. The van der Waals surface area contributed by atoms with Crippen LogP contribution >= 0.6 is 0 Å². The summed E-state index contributed by atoms with van der Waals surface area (Å²) in [6.07, 6.45) is 0.746. The van der Waals surface area contributed by atoms with Crippen LogP contribution in [0.25, 0.3) is 0 Å². The molecule has 0 saturated carbocycles. The smallest absolute Gasteiger partial charge is 0.254 e. The van der Waals surface area contributed by atoms with E-state index in [-0.39, 0.29) is 5.56 Å². The zero-order valence-electron chi connectivity index (χ0n) is 19.2. The van der Waals surface area contributed by atoms with Crippen molar-refractivity contribution in [3.63, 3.8) is 0 Å². The van der Waals surface area contributed by atoms with E-state index < -0.39 is 23.6 Å². The van der Waals surface area contributed by atoms with Crippen LogP contribution < -0.4 is 5.32 Å². The first-order chi connectivity index (χ1) is 15.8. The second-order valence-corrected chi connectivity index (χ2v) is 8.87. The lowest BCUT2D eigenvalue weighted by Gasteiger charge is -2.20. The molecule has 1 amide bonds. The van der Waals surface area contributed by atoms with Crippen LogP contribution in [0.5, 0.6) is 0 Å². The predicted octanol–water partition coefficient (Wildman–Crippen LogP) is 4.23. The van der Waals surface area contributed by atoms with Gasteiger partial charge in [-0.3, -0.25) is 9.69 Å². The highest BCUT2D eigenvalue weighted by atomic mass is 19.1. The number of nitrogens with one attached hydrogen (secondary N) is 1. The molecule has 174 valence electrons. The molecule has 4 rings (SSSR count). The highest BCUT2D eigenvalue weighted by Gasteiger charge is 2.24. The maximum Gasteiger partial charge on any atom is 0.254 e. The Kier molecular flexibility index (Phi) is 6.83. The monoisotopic (exact) mass is 453 g/mol. The quantitative estimate of drug-likeness (QED) is 0.607. The van der Waals surface area contributed by atoms with Crippen LogP contribution in [-0.2, 0) is 19.5 Å². The predicted molar refractivity (Wildman–Crippen MR) is 122 cm³/mol. The fourth-order valence-corrected chi connectivity index (χ4v) is 4.14. The van der Waals surface area contributed by atoms with Crippen molar-refractivity contribution in [2.45, 2.75) is 52.2 Å². The summed E-state index contributed by atoms with van der Waals surface area (Å²) < 4.78 is 29.4. The summed E-state index contributed by atoms with van der Waals surface area (Å²) in [5.74, 6) is -0.126. The summed E-state index contributed by atoms with van der Waals surface area (Å²) in [6, 6.07) is 11.1. The van der Waals surface area contributed by atoms with E-state index in [0.717, 1.165) is 50.1 Å². The van der Waals surface area contributed by atoms with E-state index in [1.54, 1.807) is 6.92 Å². The molecular weight excluding hydrogens is 424 g/mol. The number of carbonyl (C=O) groups is 1. The average molecular weight is 454 g/mol. The molecule has 0 saturated heterocycles. The minimum Gasteiger partial charge on any atom is -0.342 e. The van der Waals surface area contributed by atoms with Crippen molar-refractivity contribution < 1.29 is 13.6 Å². The van der Waals surface area contributed by atoms with E-state index in [1.807, 2.05) is 4.57 Å². The molecule has 1 unspecified atom stereocenters. The molecule has 0 fully saturated rings. The van der Waals surface area contributed by atoms with Gasteiger partial charge in [0.1, 0.15) is 17.5 Å². The van der Waals surface area contributed by atoms with Crippen molar-refractivity contribution in [3.05, 3.63) is 82.4 Å². The molecule has 0 radical (unpaired) electrons. The van der Waals surface area contributed by atoms with E-state index >= 15 is 0 Å². The maximum atomic E-state index is 14.0. The molecule has 8 heteroatoms. The number of aromatic nitrogens is 3. The van der Waals surface area contributed by atoms with Gasteiger partial charge in [0.05, 0.1) is 11.6 Å². The fraction of sp³-hybridized carbons (Fsp3) is 0.400. The summed E-state index contributed by atoms with van der Waals surface area (Å²) in [4.78, 5) is 14.9. The van der Waals surface area contributed by atoms with Gasteiger partial charge in [-0.1, -0.05) is 38.1 Å². The van der Waals surface area contributed by atoms with Crippen LogP contribution in [0.1, 0.15) is 65.9 Å². The molecule has 33 heavy (non-hydrogen) atoms. The van der Waals surface area contributed by atoms with Crippen molar-refractivity contribution in [3.8, 4) is 0 Å². The molecule has 1 aromatic heterocycles. The number of hydrogen-bond acceptors (Lipinski definition) is 4. The molecule has 2 heterocycles. The first kappa shape index (κ1) is 23.0. The Balaban J connectivity index is 1.41. The summed E-state index contributed by atoms with van der Waals surface area (Å²) in [6.45, 7) is 9.38. The number of rotatable bonds is 6. The molecule has 6 nitrogen and oxygen atoms in total. The molecule has 3 aromatic rings. The van der Waals surface area contributed by atoms with E-state index in [0.29, 0.717) is 18.3 Å². The molecular formula is C25H29F2N5O. The minimum atomic E-state index is -0.766. The summed E-state index contributed by atoms with van der Waals surface area (Å²) >= 11 is 0. The van der Waals surface area contributed by atoms with Crippen molar-refractivity contribution in [1.29, 1.82) is 0 Å². The van der Waals surface area contributed by atoms with Gasteiger partial charge in [-0.2, -0.15) is 0 Å². The fourth-order valence-electron chi connectivity index (χ4n) is 4.14. The zero-order valence-corrected chi connectivity index (χ0v) is 19.2. The lowest BCUT2D eigenvalue weighted by atomic mass is 10.0. The molecule has 2 aromatic carbocycles. The third-order valence-corrected chi connectivity index (χ3v) is 6.11. The highest BCUT2D eigenvalue weighted by molar-refractivity contribution is 5.94. The maximum absolute atomic E-state index is 14.0. The van der Waals surface area contributed by atoms with Gasteiger partial charge in [-0.25, -0.2) is 8.78 Å². The van der Waals surface area contributed by atoms with Crippen LogP contribution in [0.15, 0.2) is 42.5 Å². The summed E-state index contributed by atoms with van der Waals surface area (Å²) in [5.41, 5.74) is 2.28. The van der Waals surface area contributed by atoms with Gasteiger partial charge >= 0.3 is 0 Å². The Morgan fingerprint density at radius 3 is 2.52 bits per heavy atom. The van der Waals surface area contributed by atoms with E-state index in [2.05, 4.69) is 58.5 Å². The van der Waals surface area contributed by atoms with E-state index in [9.17, 15) is 13.6 Å². The third-order valence-electron chi connectivity index (χ3n) is 6.11. The lowest BCUT2D eigenvalue weighted by molar-refractivity contribution is 0.0933. The van der Waals surface area contributed by atoms with Crippen molar-refractivity contribution in [1.82, 2.24) is 25.0 Å². The van der Waals surface area contributed by atoms with Crippen LogP contribution in [-0.4, -0.2) is 38.7 Å².